The summed E-state index contributed by atoms with van der Waals surface area (Å²) in [6.07, 6.45) is 0. The van der Waals surface area contributed by atoms with Crippen LogP contribution in [-0.2, 0) is 9.59 Å². The molecule has 0 bridgehead atoms. The first-order valence-electron chi connectivity index (χ1n) is 7.13. The molecule has 1 aromatic carbocycles. The lowest BCUT2D eigenvalue weighted by molar-refractivity contribution is -0.123. The van der Waals surface area contributed by atoms with Gasteiger partial charge in [0.15, 0.2) is 0 Å². The molecule has 0 aliphatic carbocycles. The van der Waals surface area contributed by atoms with Crippen molar-refractivity contribution in [3.63, 3.8) is 0 Å². The molecule has 0 heterocycles. The largest absolute Gasteiger partial charge is 0.353 e. The number of hydrogen-bond acceptors (Lipinski definition) is 3. The van der Waals surface area contributed by atoms with Crippen molar-refractivity contribution < 1.29 is 9.59 Å². The predicted molar refractivity (Wildman–Crippen MR) is 85.3 cm³/mol. The number of benzene rings is 1. The summed E-state index contributed by atoms with van der Waals surface area (Å²) in [7, 11) is 1.75. The van der Waals surface area contributed by atoms with Gasteiger partial charge >= 0.3 is 0 Å². The van der Waals surface area contributed by atoms with Crippen LogP contribution < -0.4 is 10.6 Å². The second-order valence-electron chi connectivity index (χ2n) is 5.74. The summed E-state index contributed by atoms with van der Waals surface area (Å²) in [6, 6.07) is 5.91. The van der Waals surface area contributed by atoms with E-state index in [0.717, 1.165) is 11.3 Å². The van der Waals surface area contributed by atoms with E-state index in [0.29, 0.717) is 0 Å². The molecule has 0 aromatic heterocycles. The Bertz CT molecular complexity index is 512. The van der Waals surface area contributed by atoms with E-state index in [1.165, 1.54) is 5.56 Å². The molecule has 2 N–H and O–H groups in total. The van der Waals surface area contributed by atoms with Crippen molar-refractivity contribution in [2.24, 2.45) is 0 Å². The first kappa shape index (κ1) is 17.2. The molecule has 5 nitrogen and oxygen atoms in total. The third-order valence-electron chi connectivity index (χ3n) is 3.07. The van der Waals surface area contributed by atoms with Gasteiger partial charge in [-0.15, -0.1) is 0 Å². The van der Waals surface area contributed by atoms with Crippen LogP contribution in [0.15, 0.2) is 18.2 Å². The molecular weight excluding hydrogens is 266 g/mol. The van der Waals surface area contributed by atoms with Gasteiger partial charge in [0.25, 0.3) is 0 Å². The van der Waals surface area contributed by atoms with Crippen LogP contribution >= 0.6 is 0 Å². The minimum Gasteiger partial charge on any atom is -0.353 e. The summed E-state index contributed by atoms with van der Waals surface area (Å²) in [4.78, 5) is 25.2. The molecular formula is C16H25N3O2. The quantitative estimate of drug-likeness (QED) is 0.838. The van der Waals surface area contributed by atoms with Gasteiger partial charge in [0, 0.05) is 11.7 Å². The third kappa shape index (κ3) is 6.40. The Morgan fingerprint density at radius 1 is 1.10 bits per heavy atom. The fourth-order valence-corrected chi connectivity index (χ4v) is 1.93. The summed E-state index contributed by atoms with van der Waals surface area (Å²) in [5.41, 5.74) is 3.11. The number of carbonyl (C=O) groups excluding carboxylic acids is 2. The number of nitrogens with zero attached hydrogens (tertiary/aromatic N) is 1. The summed E-state index contributed by atoms with van der Waals surface area (Å²) >= 11 is 0. The maximum absolute atomic E-state index is 11.9. The van der Waals surface area contributed by atoms with Crippen molar-refractivity contribution in [1.82, 2.24) is 10.2 Å². The van der Waals surface area contributed by atoms with Gasteiger partial charge in [0.2, 0.25) is 11.8 Å². The SMILES string of the molecule is Cc1ccc(NC(=O)CN(C)CC(=O)NC(C)C)cc1C. The Balaban J connectivity index is 2.45. The maximum atomic E-state index is 11.9. The van der Waals surface area contributed by atoms with E-state index in [9.17, 15) is 9.59 Å². The molecule has 0 fully saturated rings. The predicted octanol–water partition coefficient (Wildman–Crippen LogP) is 1.70. The van der Waals surface area contributed by atoms with E-state index in [1.807, 2.05) is 45.9 Å². The molecule has 116 valence electrons. The number of nitrogens with one attached hydrogen (secondary N) is 2. The summed E-state index contributed by atoms with van der Waals surface area (Å²) < 4.78 is 0. The zero-order valence-electron chi connectivity index (χ0n) is 13.5. The van der Waals surface area contributed by atoms with Gasteiger partial charge in [-0.05, 0) is 58.0 Å². The topological polar surface area (TPSA) is 61.4 Å². The van der Waals surface area contributed by atoms with Gasteiger partial charge in [-0.1, -0.05) is 6.07 Å². The molecule has 0 unspecified atom stereocenters. The highest BCUT2D eigenvalue weighted by Gasteiger charge is 2.11. The standard InChI is InChI=1S/C16H25N3O2/c1-11(2)17-15(20)9-19(5)10-16(21)18-14-7-6-12(3)13(4)8-14/h6-8,11H,9-10H2,1-5H3,(H,17,20)(H,18,21). The van der Waals surface area contributed by atoms with Crippen molar-refractivity contribution in [2.45, 2.75) is 33.7 Å². The Morgan fingerprint density at radius 3 is 2.29 bits per heavy atom. The van der Waals surface area contributed by atoms with Crippen LogP contribution in [0.5, 0.6) is 0 Å². The summed E-state index contributed by atoms with van der Waals surface area (Å²) in [6.45, 7) is 8.24. The van der Waals surface area contributed by atoms with Gasteiger partial charge in [0.05, 0.1) is 13.1 Å². The molecule has 0 aliphatic rings. The number of anilines is 1. The molecule has 0 atom stereocenters. The lowest BCUT2D eigenvalue weighted by Crippen LogP contribution is -2.41. The Labute approximate surface area is 126 Å². The fraction of sp³-hybridized carbons (Fsp3) is 0.500. The first-order chi connectivity index (χ1) is 9.77. The van der Waals surface area contributed by atoms with Crippen LogP contribution in [-0.4, -0.2) is 42.9 Å². The van der Waals surface area contributed by atoms with Crippen molar-refractivity contribution in [3.8, 4) is 0 Å². The van der Waals surface area contributed by atoms with E-state index < -0.39 is 0 Å². The molecule has 1 rings (SSSR count). The Morgan fingerprint density at radius 2 is 1.71 bits per heavy atom. The van der Waals surface area contributed by atoms with Crippen LogP contribution in [0.25, 0.3) is 0 Å². The van der Waals surface area contributed by atoms with E-state index in [-0.39, 0.29) is 30.9 Å². The van der Waals surface area contributed by atoms with Crippen LogP contribution in [0, 0.1) is 13.8 Å². The molecule has 0 saturated heterocycles. The van der Waals surface area contributed by atoms with Gasteiger partial charge in [-0.3, -0.25) is 14.5 Å². The number of hydrogen-bond donors (Lipinski definition) is 2. The molecule has 0 spiro atoms. The molecule has 2 amide bonds. The Kier molecular flexibility index (Phi) is 6.37. The molecule has 21 heavy (non-hydrogen) atoms. The summed E-state index contributed by atoms with van der Waals surface area (Å²) in [5.74, 6) is -0.204. The normalized spacial score (nSPS) is 10.8. The third-order valence-corrected chi connectivity index (χ3v) is 3.07. The first-order valence-corrected chi connectivity index (χ1v) is 7.13. The highest BCUT2D eigenvalue weighted by atomic mass is 16.2. The number of aryl methyl sites for hydroxylation is 2. The lowest BCUT2D eigenvalue weighted by Gasteiger charge is -2.17. The highest BCUT2D eigenvalue weighted by molar-refractivity contribution is 5.92. The fourth-order valence-electron chi connectivity index (χ4n) is 1.93. The highest BCUT2D eigenvalue weighted by Crippen LogP contribution is 2.13. The van der Waals surface area contributed by atoms with E-state index in [2.05, 4.69) is 10.6 Å². The molecule has 1 aromatic rings. The average Bonchev–Trinajstić information content (AvgIpc) is 2.32. The van der Waals surface area contributed by atoms with Gasteiger partial charge < -0.3 is 10.6 Å². The number of carbonyl (C=O) groups is 2. The number of amides is 2. The minimum absolute atomic E-state index is 0.0773. The molecule has 0 radical (unpaired) electrons. The number of likely N-dealkylation sites (N-methyl/N-ethyl adjacent to an activating group) is 1. The van der Waals surface area contributed by atoms with Crippen LogP contribution in [0.1, 0.15) is 25.0 Å². The van der Waals surface area contributed by atoms with Gasteiger partial charge in [-0.25, -0.2) is 0 Å². The molecule has 0 saturated carbocycles. The maximum Gasteiger partial charge on any atom is 0.238 e. The van der Waals surface area contributed by atoms with E-state index in [1.54, 1.807) is 11.9 Å². The smallest absolute Gasteiger partial charge is 0.238 e. The van der Waals surface area contributed by atoms with E-state index in [4.69, 9.17) is 0 Å². The van der Waals surface area contributed by atoms with Gasteiger partial charge in [-0.2, -0.15) is 0 Å². The van der Waals surface area contributed by atoms with E-state index >= 15 is 0 Å². The minimum atomic E-state index is -0.127. The number of rotatable bonds is 6. The van der Waals surface area contributed by atoms with Crippen molar-refractivity contribution in [3.05, 3.63) is 29.3 Å². The van der Waals surface area contributed by atoms with Crippen LogP contribution in [0.2, 0.25) is 0 Å². The van der Waals surface area contributed by atoms with Crippen LogP contribution in [0.4, 0.5) is 5.69 Å². The lowest BCUT2D eigenvalue weighted by atomic mass is 10.1. The van der Waals surface area contributed by atoms with Crippen molar-refractivity contribution in [2.75, 3.05) is 25.5 Å². The zero-order chi connectivity index (χ0) is 16.0. The summed E-state index contributed by atoms with van der Waals surface area (Å²) in [5, 5.41) is 5.64. The molecule has 0 aliphatic heterocycles. The zero-order valence-corrected chi connectivity index (χ0v) is 13.5. The van der Waals surface area contributed by atoms with Crippen molar-refractivity contribution in [1.29, 1.82) is 0 Å². The second-order valence-corrected chi connectivity index (χ2v) is 5.74. The van der Waals surface area contributed by atoms with Crippen molar-refractivity contribution >= 4 is 17.5 Å². The Hall–Kier alpha value is -1.88. The second kappa shape index (κ2) is 7.78. The molecule has 5 heteroatoms. The van der Waals surface area contributed by atoms with Gasteiger partial charge in [0.1, 0.15) is 0 Å². The average molecular weight is 291 g/mol. The monoisotopic (exact) mass is 291 g/mol. The van der Waals surface area contributed by atoms with Crippen LogP contribution in [0.3, 0.4) is 0 Å².